The number of aromatic nitrogens is 7. The lowest BCUT2D eigenvalue weighted by atomic mass is 10.2. The van der Waals surface area contributed by atoms with Gasteiger partial charge in [0.2, 0.25) is 11.8 Å². The Kier molecular flexibility index (Phi) is 6.71. The molecule has 0 bridgehead atoms. The van der Waals surface area contributed by atoms with Crippen LogP contribution < -0.4 is 0 Å². The van der Waals surface area contributed by atoms with Gasteiger partial charge in [-0.2, -0.15) is 0 Å². The number of nitrogens with zero attached hydrogens (tertiary/aromatic N) is 7. The number of rotatable bonds is 5. The van der Waals surface area contributed by atoms with Crippen molar-refractivity contribution in [2.24, 2.45) is 7.05 Å². The Labute approximate surface area is 189 Å². The zero-order valence-corrected chi connectivity index (χ0v) is 18.6. The van der Waals surface area contributed by atoms with E-state index in [2.05, 4.69) is 30.4 Å². The summed E-state index contributed by atoms with van der Waals surface area (Å²) in [5.41, 5.74) is 1.75. The standard InChI is InChI=1S/C17H16N6O2S.C5H5N/c1-10-9-12(6-7-18-10)16-21-20-15(25-16)11(2)26-17-22-19-14(23(17)3)13-5-4-8-24-13;1-2-4-6-5-3-1/h4-9,11H,1-3H3;1-5H. The lowest BCUT2D eigenvalue weighted by molar-refractivity contribution is 0.508. The maximum atomic E-state index is 5.83. The number of thioether (sulfide) groups is 1. The third-order valence-corrected chi connectivity index (χ3v) is 5.48. The Hall–Kier alpha value is -3.79. The molecule has 9 nitrogen and oxygen atoms in total. The summed E-state index contributed by atoms with van der Waals surface area (Å²) in [4.78, 5) is 7.96. The van der Waals surface area contributed by atoms with Crippen LogP contribution in [0.1, 0.15) is 23.8 Å². The second-order valence-corrected chi connectivity index (χ2v) is 8.07. The van der Waals surface area contributed by atoms with Gasteiger partial charge in [-0.1, -0.05) is 17.8 Å². The van der Waals surface area contributed by atoms with E-state index < -0.39 is 0 Å². The number of hydrogen-bond donors (Lipinski definition) is 0. The molecule has 0 amide bonds. The zero-order valence-electron chi connectivity index (χ0n) is 17.8. The van der Waals surface area contributed by atoms with Crippen molar-refractivity contribution in [3.05, 3.63) is 78.9 Å². The summed E-state index contributed by atoms with van der Waals surface area (Å²) < 4.78 is 13.1. The Balaban J connectivity index is 0.000000354. The predicted molar refractivity (Wildman–Crippen MR) is 119 cm³/mol. The van der Waals surface area contributed by atoms with E-state index in [0.717, 1.165) is 16.4 Å². The molecule has 1 atom stereocenters. The molecule has 0 spiro atoms. The minimum Gasteiger partial charge on any atom is -0.461 e. The third kappa shape index (κ3) is 5.09. The van der Waals surface area contributed by atoms with Crippen LogP contribution in [-0.4, -0.2) is 34.9 Å². The van der Waals surface area contributed by atoms with Gasteiger partial charge in [0.05, 0.1) is 11.5 Å². The molecule has 0 saturated carbocycles. The fourth-order valence-corrected chi connectivity index (χ4v) is 3.60. The first kappa shape index (κ1) is 21.4. The van der Waals surface area contributed by atoms with E-state index >= 15 is 0 Å². The van der Waals surface area contributed by atoms with Crippen LogP contribution >= 0.6 is 11.8 Å². The first-order chi connectivity index (χ1) is 15.6. The molecule has 5 aromatic heterocycles. The summed E-state index contributed by atoms with van der Waals surface area (Å²) in [6.07, 6.45) is 6.84. The molecule has 0 N–H and O–H groups in total. The quantitative estimate of drug-likeness (QED) is 0.352. The molecule has 32 heavy (non-hydrogen) atoms. The SMILES string of the molecule is Cc1cc(-c2nnc(C(C)Sc3nnc(-c4ccco4)n3C)o2)ccn1.c1ccncc1. The van der Waals surface area contributed by atoms with Gasteiger partial charge in [-0.25, -0.2) is 0 Å². The maximum absolute atomic E-state index is 5.83. The van der Waals surface area contributed by atoms with Crippen LogP contribution in [0.15, 0.2) is 81.3 Å². The lowest BCUT2D eigenvalue weighted by Gasteiger charge is -2.06. The van der Waals surface area contributed by atoms with Gasteiger partial charge in [0.25, 0.3) is 0 Å². The van der Waals surface area contributed by atoms with E-state index in [1.54, 1.807) is 24.9 Å². The van der Waals surface area contributed by atoms with Crippen molar-refractivity contribution in [3.63, 3.8) is 0 Å². The normalized spacial score (nSPS) is 11.6. The molecule has 5 heterocycles. The molecule has 0 fully saturated rings. The fraction of sp³-hybridized carbons (Fsp3) is 0.182. The van der Waals surface area contributed by atoms with Crippen LogP contribution in [0.3, 0.4) is 0 Å². The van der Waals surface area contributed by atoms with Crippen molar-refractivity contribution >= 4 is 11.8 Å². The Morgan fingerprint density at radius 3 is 2.47 bits per heavy atom. The largest absolute Gasteiger partial charge is 0.461 e. The first-order valence-corrected chi connectivity index (χ1v) is 10.7. The van der Waals surface area contributed by atoms with Gasteiger partial charge in [0.15, 0.2) is 16.7 Å². The number of hydrogen-bond acceptors (Lipinski definition) is 9. The van der Waals surface area contributed by atoms with Crippen molar-refractivity contribution in [3.8, 4) is 23.0 Å². The molecule has 5 rings (SSSR count). The van der Waals surface area contributed by atoms with E-state index in [9.17, 15) is 0 Å². The van der Waals surface area contributed by atoms with E-state index in [-0.39, 0.29) is 5.25 Å². The molecule has 162 valence electrons. The Morgan fingerprint density at radius 1 is 0.969 bits per heavy atom. The van der Waals surface area contributed by atoms with Crippen molar-refractivity contribution in [1.29, 1.82) is 0 Å². The highest BCUT2D eigenvalue weighted by Gasteiger charge is 2.21. The minimum atomic E-state index is -0.0773. The third-order valence-electron chi connectivity index (χ3n) is 4.36. The molecule has 0 saturated heterocycles. The second kappa shape index (κ2) is 10.0. The van der Waals surface area contributed by atoms with Crippen molar-refractivity contribution in [1.82, 2.24) is 34.9 Å². The summed E-state index contributed by atoms with van der Waals surface area (Å²) in [6, 6.07) is 13.1. The zero-order chi connectivity index (χ0) is 22.3. The highest BCUT2D eigenvalue weighted by atomic mass is 32.2. The summed E-state index contributed by atoms with van der Waals surface area (Å²) >= 11 is 1.49. The summed E-state index contributed by atoms with van der Waals surface area (Å²) in [7, 11) is 1.89. The average Bonchev–Trinajstić information content (AvgIpc) is 3.58. The molecule has 0 aliphatic rings. The van der Waals surface area contributed by atoms with Crippen LogP contribution in [0.25, 0.3) is 23.0 Å². The molecule has 10 heteroatoms. The molecule has 1 unspecified atom stereocenters. The molecule has 0 aliphatic carbocycles. The summed E-state index contributed by atoms with van der Waals surface area (Å²) in [5.74, 6) is 2.35. The van der Waals surface area contributed by atoms with Gasteiger partial charge < -0.3 is 13.4 Å². The Morgan fingerprint density at radius 2 is 1.81 bits per heavy atom. The van der Waals surface area contributed by atoms with Gasteiger partial charge in [0.1, 0.15) is 0 Å². The maximum Gasteiger partial charge on any atom is 0.247 e. The summed E-state index contributed by atoms with van der Waals surface area (Å²) in [5, 5.41) is 17.4. The Bertz CT molecular complexity index is 1230. The topological polar surface area (TPSA) is 109 Å². The van der Waals surface area contributed by atoms with Crippen molar-refractivity contribution in [2.75, 3.05) is 0 Å². The van der Waals surface area contributed by atoms with E-state index in [4.69, 9.17) is 8.83 Å². The lowest BCUT2D eigenvalue weighted by Crippen LogP contribution is -1.96. The van der Waals surface area contributed by atoms with Crippen LogP contribution in [-0.2, 0) is 7.05 Å². The summed E-state index contributed by atoms with van der Waals surface area (Å²) in [6.45, 7) is 3.91. The molecule has 0 aromatic carbocycles. The number of aryl methyl sites for hydroxylation is 1. The van der Waals surface area contributed by atoms with Crippen LogP contribution in [0.5, 0.6) is 0 Å². The monoisotopic (exact) mass is 447 g/mol. The van der Waals surface area contributed by atoms with E-state index in [1.165, 1.54) is 11.8 Å². The van der Waals surface area contributed by atoms with Crippen molar-refractivity contribution in [2.45, 2.75) is 24.3 Å². The van der Waals surface area contributed by atoms with Crippen molar-refractivity contribution < 1.29 is 8.83 Å². The van der Waals surface area contributed by atoms with E-state index in [0.29, 0.717) is 23.4 Å². The second-order valence-electron chi connectivity index (χ2n) is 6.76. The molecular weight excluding hydrogens is 426 g/mol. The smallest absolute Gasteiger partial charge is 0.247 e. The highest BCUT2D eigenvalue weighted by molar-refractivity contribution is 7.99. The molecular formula is C22H21N7O2S. The van der Waals surface area contributed by atoms with Gasteiger partial charge in [0, 0.05) is 36.9 Å². The van der Waals surface area contributed by atoms with Gasteiger partial charge in [-0.3, -0.25) is 9.97 Å². The molecule has 0 aliphatic heterocycles. The van der Waals surface area contributed by atoms with Gasteiger partial charge in [-0.05, 0) is 50.2 Å². The number of pyridine rings is 2. The predicted octanol–water partition coefficient (Wildman–Crippen LogP) is 4.76. The minimum absolute atomic E-state index is 0.0773. The first-order valence-electron chi connectivity index (χ1n) is 9.83. The van der Waals surface area contributed by atoms with Crippen LogP contribution in [0.2, 0.25) is 0 Å². The van der Waals surface area contributed by atoms with E-state index in [1.807, 2.05) is 67.9 Å². The van der Waals surface area contributed by atoms with Gasteiger partial charge in [-0.15, -0.1) is 20.4 Å². The average molecular weight is 448 g/mol. The fourth-order valence-electron chi connectivity index (χ4n) is 2.75. The molecule has 5 aromatic rings. The van der Waals surface area contributed by atoms with Crippen LogP contribution in [0.4, 0.5) is 0 Å². The number of furan rings is 1. The highest BCUT2D eigenvalue weighted by Crippen LogP contribution is 2.35. The molecule has 0 radical (unpaired) electrons. The van der Waals surface area contributed by atoms with Gasteiger partial charge >= 0.3 is 0 Å². The van der Waals surface area contributed by atoms with Crippen LogP contribution in [0, 0.1) is 6.92 Å².